The Morgan fingerprint density at radius 1 is 1.15 bits per heavy atom. The number of hydrogen-bond donors (Lipinski definition) is 0. The summed E-state index contributed by atoms with van der Waals surface area (Å²) in [4.78, 5) is 0. The van der Waals surface area contributed by atoms with Crippen LogP contribution >= 0.6 is 15.9 Å². The number of fused-ring (bicyclic) bond motifs is 3. The van der Waals surface area contributed by atoms with Crippen LogP contribution in [-0.2, 0) is 6.42 Å². The minimum absolute atomic E-state index is 0.491. The second kappa shape index (κ2) is 5.10. The lowest BCUT2D eigenvalue weighted by molar-refractivity contribution is -0.603. The third-order valence-electron chi connectivity index (χ3n) is 3.42. The van der Waals surface area contributed by atoms with Crippen molar-refractivity contribution in [3.05, 3.63) is 58.0 Å². The van der Waals surface area contributed by atoms with E-state index >= 15 is 0 Å². The van der Waals surface area contributed by atoms with Crippen LogP contribution in [0.1, 0.15) is 12.0 Å². The monoisotopic (exact) mass is 326 g/mol. The van der Waals surface area contributed by atoms with Crippen molar-refractivity contribution < 1.29 is 4.73 Å². The maximum Gasteiger partial charge on any atom is 0.188 e. The van der Waals surface area contributed by atoms with Crippen LogP contribution in [0.3, 0.4) is 0 Å². The number of rotatable bonds is 2. The molecule has 0 spiro atoms. The molecule has 0 saturated heterocycles. The van der Waals surface area contributed by atoms with Gasteiger partial charge < -0.3 is 5.21 Å². The van der Waals surface area contributed by atoms with Crippen LogP contribution in [0.15, 0.2) is 47.2 Å². The summed E-state index contributed by atoms with van der Waals surface area (Å²) >= 11 is 3.48. The topological polar surface area (TPSA) is 50.7 Å². The van der Waals surface area contributed by atoms with Gasteiger partial charge in [0.05, 0.1) is 11.5 Å². The van der Waals surface area contributed by atoms with Crippen LogP contribution in [0, 0.1) is 16.5 Å². The molecule has 0 aliphatic heterocycles. The maximum absolute atomic E-state index is 11.5. The largest absolute Gasteiger partial charge is 0.619 e. The zero-order valence-corrected chi connectivity index (χ0v) is 12.2. The van der Waals surface area contributed by atoms with Gasteiger partial charge in [-0.15, -0.1) is 0 Å². The Kier molecular flexibility index (Phi) is 3.29. The van der Waals surface area contributed by atoms with Gasteiger partial charge in [0.2, 0.25) is 0 Å². The fourth-order valence-electron chi connectivity index (χ4n) is 2.52. The molecule has 0 radical (unpaired) electrons. The Morgan fingerprint density at radius 3 is 2.80 bits per heavy atom. The van der Waals surface area contributed by atoms with Gasteiger partial charge in [-0.3, -0.25) is 0 Å². The summed E-state index contributed by atoms with van der Waals surface area (Å²) < 4.78 is 1.79. The molecule has 3 rings (SSSR count). The first-order valence-electron chi connectivity index (χ1n) is 6.29. The molecule has 0 bridgehead atoms. The predicted molar refractivity (Wildman–Crippen MR) is 82.0 cm³/mol. The number of halogens is 1. The number of aryl methyl sites for hydroxylation is 1. The maximum atomic E-state index is 11.5. The van der Waals surface area contributed by atoms with Gasteiger partial charge in [-0.1, -0.05) is 28.1 Å². The van der Waals surface area contributed by atoms with E-state index in [-0.39, 0.29) is 0 Å². The summed E-state index contributed by atoms with van der Waals surface area (Å²) in [5.41, 5.74) is 1.14. The van der Waals surface area contributed by atoms with Crippen molar-refractivity contribution >= 4 is 37.5 Å². The highest BCUT2D eigenvalue weighted by Crippen LogP contribution is 2.30. The molecule has 3 nitrogen and oxygen atoms in total. The van der Waals surface area contributed by atoms with Gasteiger partial charge in [0.25, 0.3) is 0 Å². The summed E-state index contributed by atoms with van der Waals surface area (Å²) in [6.45, 7) is 0. The predicted octanol–water partition coefficient (Wildman–Crippen LogP) is 3.85. The van der Waals surface area contributed by atoms with E-state index in [9.17, 15) is 5.21 Å². The third-order valence-corrected chi connectivity index (χ3v) is 3.92. The average Bonchev–Trinajstić information content (AvgIpc) is 2.45. The molecule has 0 aliphatic rings. The Morgan fingerprint density at radius 2 is 2.00 bits per heavy atom. The van der Waals surface area contributed by atoms with Gasteiger partial charge in [-0.2, -0.15) is 9.99 Å². The van der Waals surface area contributed by atoms with Gasteiger partial charge in [-0.25, -0.2) is 0 Å². The van der Waals surface area contributed by atoms with Crippen molar-refractivity contribution in [2.75, 3.05) is 0 Å². The standard InChI is InChI=1S/C16H11BrN2O/c17-13-3-4-14-11(2-1-6-18)8-12-5-7-19(20)10-16(12)15(14)9-13/h3-5,7-10H,1-2H2. The van der Waals surface area contributed by atoms with Gasteiger partial charge in [0, 0.05) is 17.0 Å². The lowest BCUT2D eigenvalue weighted by atomic mass is 9.96. The number of nitrogens with zero attached hydrogens (tertiary/aromatic N) is 2. The Labute approximate surface area is 124 Å². The Bertz CT molecular complexity index is 852. The summed E-state index contributed by atoms with van der Waals surface area (Å²) in [7, 11) is 0. The van der Waals surface area contributed by atoms with Crippen molar-refractivity contribution in [3.8, 4) is 6.07 Å². The number of nitriles is 1. The number of benzene rings is 2. The fraction of sp³-hybridized carbons (Fsp3) is 0.125. The zero-order valence-electron chi connectivity index (χ0n) is 10.6. The van der Waals surface area contributed by atoms with E-state index in [1.807, 2.05) is 24.3 Å². The van der Waals surface area contributed by atoms with Crippen molar-refractivity contribution in [1.29, 1.82) is 5.26 Å². The van der Waals surface area contributed by atoms with E-state index in [0.29, 0.717) is 6.42 Å². The smallest absolute Gasteiger partial charge is 0.188 e. The SMILES string of the molecule is N#CCCc1cc2cc[n+]([O-])cc2c2cc(Br)ccc12. The van der Waals surface area contributed by atoms with E-state index in [0.717, 1.165) is 42.7 Å². The van der Waals surface area contributed by atoms with Gasteiger partial charge >= 0.3 is 0 Å². The Balaban J connectivity index is 2.39. The highest BCUT2D eigenvalue weighted by atomic mass is 79.9. The molecule has 0 aliphatic carbocycles. The normalized spacial score (nSPS) is 10.8. The molecule has 0 saturated carbocycles. The van der Waals surface area contributed by atoms with Crippen LogP contribution < -0.4 is 4.73 Å². The van der Waals surface area contributed by atoms with Crippen LogP contribution in [0.25, 0.3) is 21.5 Å². The van der Waals surface area contributed by atoms with E-state index < -0.39 is 0 Å². The second-order valence-electron chi connectivity index (χ2n) is 4.69. The number of hydrogen-bond acceptors (Lipinski definition) is 2. The average molecular weight is 327 g/mol. The molecular formula is C16H11BrN2O. The summed E-state index contributed by atoms with van der Waals surface area (Å²) in [5.74, 6) is 0. The molecule has 4 heteroatoms. The van der Waals surface area contributed by atoms with E-state index in [1.165, 1.54) is 6.20 Å². The van der Waals surface area contributed by atoms with Crippen LogP contribution in [0.4, 0.5) is 0 Å². The molecule has 20 heavy (non-hydrogen) atoms. The second-order valence-corrected chi connectivity index (χ2v) is 5.61. The lowest BCUT2D eigenvalue weighted by Gasteiger charge is -2.09. The molecule has 0 fully saturated rings. The Hall–Kier alpha value is -2.12. The van der Waals surface area contributed by atoms with E-state index in [1.54, 1.807) is 6.20 Å². The van der Waals surface area contributed by atoms with Crippen molar-refractivity contribution in [2.24, 2.45) is 0 Å². The van der Waals surface area contributed by atoms with Crippen molar-refractivity contribution in [3.63, 3.8) is 0 Å². The van der Waals surface area contributed by atoms with Gasteiger partial charge in [-0.05, 0) is 40.3 Å². The number of aromatic nitrogens is 1. The minimum Gasteiger partial charge on any atom is -0.619 e. The lowest BCUT2D eigenvalue weighted by Crippen LogP contribution is -2.23. The third kappa shape index (κ3) is 2.21. The van der Waals surface area contributed by atoms with Crippen LogP contribution in [-0.4, -0.2) is 0 Å². The van der Waals surface area contributed by atoms with Crippen LogP contribution in [0.2, 0.25) is 0 Å². The van der Waals surface area contributed by atoms with E-state index in [4.69, 9.17) is 5.26 Å². The molecule has 1 heterocycles. The molecule has 2 aromatic carbocycles. The highest BCUT2D eigenvalue weighted by Gasteiger charge is 2.09. The first-order chi connectivity index (χ1) is 9.69. The summed E-state index contributed by atoms with van der Waals surface area (Å²) in [6, 6.07) is 12.1. The van der Waals surface area contributed by atoms with Gasteiger partial charge in [0.15, 0.2) is 12.4 Å². The van der Waals surface area contributed by atoms with Crippen LogP contribution in [0.5, 0.6) is 0 Å². The quantitative estimate of drug-likeness (QED) is 0.408. The molecule has 0 N–H and O–H groups in total. The molecular weight excluding hydrogens is 316 g/mol. The zero-order chi connectivity index (χ0) is 14.1. The van der Waals surface area contributed by atoms with Crippen molar-refractivity contribution in [1.82, 2.24) is 0 Å². The van der Waals surface area contributed by atoms with E-state index in [2.05, 4.69) is 28.1 Å². The number of pyridine rings is 1. The molecule has 98 valence electrons. The summed E-state index contributed by atoms with van der Waals surface area (Å²) in [6.07, 6.45) is 4.31. The molecule has 0 amide bonds. The fourth-order valence-corrected chi connectivity index (χ4v) is 2.88. The molecule has 0 unspecified atom stereocenters. The molecule has 3 aromatic rings. The summed E-state index contributed by atoms with van der Waals surface area (Å²) in [5, 5.41) is 24.4. The van der Waals surface area contributed by atoms with Crippen molar-refractivity contribution in [2.45, 2.75) is 12.8 Å². The molecule has 0 atom stereocenters. The first-order valence-corrected chi connectivity index (χ1v) is 7.09. The highest BCUT2D eigenvalue weighted by molar-refractivity contribution is 9.10. The first kappa shape index (κ1) is 12.9. The molecule has 1 aromatic heterocycles. The van der Waals surface area contributed by atoms with Gasteiger partial charge in [0.1, 0.15) is 0 Å². The minimum atomic E-state index is 0.491.